The van der Waals surface area contributed by atoms with E-state index in [2.05, 4.69) is 16.0 Å². The van der Waals surface area contributed by atoms with E-state index in [1.807, 2.05) is 6.07 Å². The van der Waals surface area contributed by atoms with Gasteiger partial charge in [-0.15, -0.1) is 0 Å². The van der Waals surface area contributed by atoms with Gasteiger partial charge >= 0.3 is 0 Å². The Hall–Kier alpha value is -2.38. The number of pyridine rings is 1. The first-order valence-corrected chi connectivity index (χ1v) is 5.58. The molecular weight excluding hydrogens is 250 g/mol. The Morgan fingerprint density at radius 2 is 2.06 bits per heavy atom. The van der Waals surface area contributed by atoms with Crippen LogP contribution >= 0.6 is 11.6 Å². The van der Waals surface area contributed by atoms with Crippen molar-refractivity contribution in [2.45, 2.75) is 0 Å². The lowest BCUT2D eigenvalue weighted by Gasteiger charge is -1.94. The van der Waals surface area contributed by atoms with E-state index < -0.39 is 0 Å². The average molecular weight is 256 g/mol. The van der Waals surface area contributed by atoms with Crippen LogP contribution < -0.4 is 0 Å². The predicted molar refractivity (Wildman–Crippen MR) is 67.0 cm³/mol. The highest BCUT2D eigenvalue weighted by Gasteiger charge is 2.09. The summed E-state index contributed by atoms with van der Waals surface area (Å²) in [6.45, 7) is 0. The summed E-state index contributed by atoms with van der Waals surface area (Å²) in [4.78, 5) is 8.34. The third kappa shape index (κ3) is 1.81. The summed E-state index contributed by atoms with van der Waals surface area (Å²) in [6, 6.07) is 12.5. The van der Waals surface area contributed by atoms with Crippen molar-refractivity contribution in [3.05, 3.63) is 47.1 Å². The third-order valence-electron chi connectivity index (χ3n) is 2.46. The molecule has 1 aromatic carbocycles. The topological polar surface area (TPSA) is 62.7 Å². The summed E-state index contributed by atoms with van der Waals surface area (Å²) >= 11 is 5.78. The van der Waals surface area contributed by atoms with Gasteiger partial charge in [0.2, 0.25) is 11.6 Å². The van der Waals surface area contributed by atoms with Crippen LogP contribution in [0.2, 0.25) is 5.15 Å². The molecule has 2 aromatic heterocycles. The van der Waals surface area contributed by atoms with Crippen molar-refractivity contribution in [1.82, 2.24) is 9.97 Å². The van der Waals surface area contributed by atoms with E-state index in [1.165, 1.54) is 0 Å². The van der Waals surface area contributed by atoms with Crippen molar-refractivity contribution < 1.29 is 4.42 Å². The van der Waals surface area contributed by atoms with E-state index in [9.17, 15) is 0 Å². The molecule has 5 heteroatoms. The number of nitriles is 1. The van der Waals surface area contributed by atoms with Gasteiger partial charge < -0.3 is 4.42 Å². The monoisotopic (exact) mass is 255 g/mol. The molecule has 0 saturated carbocycles. The Balaban J connectivity index is 2.16. The Labute approximate surface area is 107 Å². The molecule has 0 atom stereocenters. The highest BCUT2D eigenvalue weighted by Crippen LogP contribution is 2.24. The number of halogens is 1. The number of fused-ring (bicyclic) bond motifs is 1. The van der Waals surface area contributed by atoms with E-state index in [0.29, 0.717) is 27.8 Å². The maximum atomic E-state index is 8.85. The number of aromatic nitrogens is 2. The molecule has 0 radical (unpaired) electrons. The van der Waals surface area contributed by atoms with Gasteiger partial charge in [0, 0.05) is 5.56 Å². The van der Waals surface area contributed by atoms with Crippen LogP contribution in [0.4, 0.5) is 0 Å². The molecule has 86 valence electrons. The van der Waals surface area contributed by atoms with E-state index in [0.717, 1.165) is 5.56 Å². The second kappa shape index (κ2) is 4.13. The number of hydrogen-bond acceptors (Lipinski definition) is 4. The van der Waals surface area contributed by atoms with Gasteiger partial charge in [0.1, 0.15) is 10.7 Å². The van der Waals surface area contributed by atoms with Gasteiger partial charge in [-0.1, -0.05) is 17.7 Å². The molecule has 0 aliphatic rings. The second-order valence-corrected chi connectivity index (χ2v) is 4.06. The molecular formula is C13H6ClN3O. The second-order valence-electron chi connectivity index (χ2n) is 3.67. The van der Waals surface area contributed by atoms with Gasteiger partial charge in [-0.3, -0.25) is 0 Å². The first kappa shape index (κ1) is 10.8. The lowest BCUT2D eigenvalue weighted by Crippen LogP contribution is -1.79. The molecule has 0 bridgehead atoms. The quantitative estimate of drug-likeness (QED) is 0.625. The van der Waals surface area contributed by atoms with Gasteiger partial charge in [-0.25, -0.2) is 4.98 Å². The Bertz CT molecular complexity index is 773. The Kier molecular flexibility index (Phi) is 2.47. The molecule has 0 amide bonds. The zero-order chi connectivity index (χ0) is 12.5. The van der Waals surface area contributed by atoms with Crippen molar-refractivity contribution in [3.8, 4) is 17.5 Å². The van der Waals surface area contributed by atoms with Crippen molar-refractivity contribution >= 4 is 22.8 Å². The van der Waals surface area contributed by atoms with Gasteiger partial charge in [-0.2, -0.15) is 10.2 Å². The van der Waals surface area contributed by atoms with Crippen LogP contribution in [0.5, 0.6) is 0 Å². The smallest absolute Gasteiger partial charge is 0.248 e. The standard InChI is InChI=1S/C13H6ClN3O/c14-11-5-4-10-13(17-11)18-12(16-10)9-3-1-2-8(6-9)7-15/h1-6H. The molecule has 3 rings (SSSR count). The fourth-order valence-electron chi connectivity index (χ4n) is 1.64. The molecule has 2 heterocycles. The van der Waals surface area contributed by atoms with Gasteiger partial charge in [0.25, 0.3) is 0 Å². The lowest BCUT2D eigenvalue weighted by atomic mass is 10.1. The molecule has 4 nitrogen and oxygen atoms in total. The summed E-state index contributed by atoms with van der Waals surface area (Å²) < 4.78 is 5.52. The summed E-state index contributed by atoms with van der Waals surface area (Å²) in [5.74, 6) is 0.428. The molecule has 0 aliphatic carbocycles. The minimum absolute atomic E-state index is 0.357. The number of benzene rings is 1. The van der Waals surface area contributed by atoms with E-state index in [1.54, 1.807) is 30.3 Å². The first-order valence-electron chi connectivity index (χ1n) is 5.20. The van der Waals surface area contributed by atoms with Crippen molar-refractivity contribution in [1.29, 1.82) is 5.26 Å². The minimum Gasteiger partial charge on any atom is -0.418 e. The maximum absolute atomic E-state index is 8.85. The number of oxazole rings is 1. The van der Waals surface area contributed by atoms with Crippen LogP contribution in [0.1, 0.15) is 5.56 Å². The van der Waals surface area contributed by atoms with Crippen LogP contribution in [-0.4, -0.2) is 9.97 Å². The normalized spacial score (nSPS) is 10.4. The summed E-state index contributed by atoms with van der Waals surface area (Å²) in [5, 5.41) is 9.21. The highest BCUT2D eigenvalue weighted by atomic mass is 35.5. The van der Waals surface area contributed by atoms with Crippen molar-refractivity contribution in [3.63, 3.8) is 0 Å². The molecule has 0 saturated heterocycles. The van der Waals surface area contributed by atoms with Gasteiger partial charge in [0.15, 0.2) is 0 Å². The summed E-state index contributed by atoms with van der Waals surface area (Å²) in [6.07, 6.45) is 0. The predicted octanol–water partition coefficient (Wildman–Crippen LogP) is 3.41. The maximum Gasteiger partial charge on any atom is 0.248 e. The minimum atomic E-state index is 0.357. The molecule has 18 heavy (non-hydrogen) atoms. The molecule has 3 aromatic rings. The highest BCUT2D eigenvalue weighted by molar-refractivity contribution is 6.29. The van der Waals surface area contributed by atoms with E-state index >= 15 is 0 Å². The summed E-state index contributed by atoms with van der Waals surface area (Å²) in [7, 11) is 0. The zero-order valence-electron chi connectivity index (χ0n) is 9.09. The number of hydrogen-bond donors (Lipinski definition) is 0. The fourth-order valence-corrected chi connectivity index (χ4v) is 1.78. The molecule has 0 aliphatic heterocycles. The zero-order valence-corrected chi connectivity index (χ0v) is 9.85. The largest absolute Gasteiger partial charge is 0.418 e. The average Bonchev–Trinajstić information content (AvgIpc) is 2.81. The van der Waals surface area contributed by atoms with Gasteiger partial charge in [-0.05, 0) is 30.3 Å². The first-order chi connectivity index (χ1) is 8.76. The fraction of sp³-hybridized carbons (Fsp3) is 0. The van der Waals surface area contributed by atoms with Crippen LogP contribution in [0, 0.1) is 11.3 Å². The number of nitrogens with zero attached hydrogens (tertiary/aromatic N) is 3. The SMILES string of the molecule is N#Cc1cccc(-c2nc3ccc(Cl)nc3o2)c1. The van der Waals surface area contributed by atoms with Crippen LogP contribution in [0.3, 0.4) is 0 Å². The van der Waals surface area contributed by atoms with E-state index in [4.69, 9.17) is 21.3 Å². The molecule has 0 N–H and O–H groups in total. The third-order valence-corrected chi connectivity index (χ3v) is 2.67. The molecule has 0 spiro atoms. The van der Waals surface area contributed by atoms with Crippen LogP contribution in [-0.2, 0) is 0 Å². The number of rotatable bonds is 1. The lowest BCUT2D eigenvalue weighted by molar-refractivity contribution is 0.608. The van der Waals surface area contributed by atoms with Crippen LogP contribution in [0.15, 0.2) is 40.8 Å². The van der Waals surface area contributed by atoms with Crippen LogP contribution in [0.25, 0.3) is 22.7 Å². The van der Waals surface area contributed by atoms with Crippen molar-refractivity contribution in [2.24, 2.45) is 0 Å². The molecule has 0 unspecified atom stereocenters. The Morgan fingerprint density at radius 1 is 1.17 bits per heavy atom. The Morgan fingerprint density at radius 3 is 2.89 bits per heavy atom. The van der Waals surface area contributed by atoms with Gasteiger partial charge in [0.05, 0.1) is 11.6 Å². The van der Waals surface area contributed by atoms with Crippen molar-refractivity contribution in [2.75, 3.05) is 0 Å². The molecule has 0 fully saturated rings. The summed E-state index contributed by atoms with van der Waals surface area (Å²) in [5.41, 5.74) is 2.32. The van der Waals surface area contributed by atoms with E-state index in [-0.39, 0.29) is 0 Å².